The van der Waals surface area contributed by atoms with Gasteiger partial charge in [-0.2, -0.15) is 31.3 Å². The normalized spacial score (nSPS) is 13.8. The Bertz CT molecular complexity index is 1530. The molecule has 0 aliphatic heterocycles. The predicted molar refractivity (Wildman–Crippen MR) is 131 cm³/mol. The zero-order chi connectivity index (χ0) is 29.4. The van der Waals surface area contributed by atoms with Crippen LogP contribution in [0.1, 0.15) is 35.7 Å². The second-order valence-electron chi connectivity index (χ2n) is 9.23. The number of nitrogens with zero attached hydrogens (tertiary/aromatic N) is 6. The monoisotopic (exact) mass is 580 g/mol. The van der Waals surface area contributed by atoms with Crippen molar-refractivity contribution in [1.29, 1.82) is 0 Å². The second kappa shape index (κ2) is 10.9. The number of methoxy groups -OCH3 is 1. The Morgan fingerprint density at radius 2 is 1.66 bits per heavy atom. The highest BCUT2D eigenvalue weighted by atomic mass is 19.4. The van der Waals surface area contributed by atoms with Crippen LogP contribution in [0.15, 0.2) is 43.0 Å². The van der Waals surface area contributed by atoms with E-state index in [0.717, 1.165) is 25.2 Å². The molecule has 0 unspecified atom stereocenters. The molecule has 1 aliphatic carbocycles. The van der Waals surface area contributed by atoms with E-state index in [1.807, 2.05) is 0 Å². The molecule has 1 fully saturated rings. The van der Waals surface area contributed by atoms with Crippen LogP contribution in [0.4, 0.5) is 26.3 Å². The SMILES string of the molecule is COc1ncnc(C2CC2)c1-c1ncc(OCC(F)(F)F)c(OCc2ccc(-c3nc(C(F)(F)F)cn3C)cc2)n1. The maximum Gasteiger partial charge on any atom is 0.434 e. The van der Waals surface area contributed by atoms with E-state index in [2.05, 4.69) is 24.9 Å². The zero-order valence-corrected chi connectivity index (χ0v) is 21.6. The molecular weight excluding hydrogens is 558 g/mol. The molecule has 0 N–H and O–H groups in total. The third-order valence-corrected chi connectivity index (χ3v) is 6.09. The molecule has 0 spiro atoms. The summed E-state index contributed by atoms with van der Waals surface area (Å²) in [7, 11) is 2.87. The molecule has 3 aromatic heterocycles. The molecule has 216 valence electrons. The molecule has 0 radical (unpaired) electrons. The van der Waals surface area contributed by atoms with Gasteiger partial charge in [-0.1, -0.05) is 24.3 Å². The first kappa shape index (κ1) is 28.1. The van der Waals surface area contributed by atoms with Crippen molar-refractivity contribution < 1.29 is 40.6 Å². The summed E-state index contributed by atoms with van der Waals surface area (Å²) < 4.78 is 95.0. The van der Waals surface area contributed by atoms with Gasteiger partial charge in [0.2, 0.25) is 5.88 Å². The lowest BCUT2D eigenvalue weighted by Gasteiger charge is -2.15. The van der Waals surface area contributed by atoms with Crippen molar-refractivity contribution in [2.45, 2.75) is 37.7 Å². The van der Waals surface area contributed by atoms with E-state index in [0.29, 0.717) is 22.4 Å². The van der Waals surface area contributed by atoms with Crippen LogP contribution in [0.2, 0.25) is 0 Å². The van der Waals surface area contributed by atoms with Gasteiger partial charge in [0.25, 0.3) is 5.88 Å². The van der Waals surface area contributed by atoms with Crippen LogP contribution < -0.4 is 14.2 Å². The average molecular weight is 580 g/mol. The van der Waals surface area contributed by atoms with E-state index in [1.54, 1.807) is 24.3 Å². The zero-order valence-electron chi connectivity index (χ0n) is 21.6. The van der Waals surface area contributed by atoms with Crippen LogP contribution in [0.5, 0.6) is 17.5 Å². The van der Waals surface area contributed by atoms with Gasteiger partial charge in [0, 0.05) is 24.7 Å². The Kier molecular flexibility index (Phi) is 7.44. The molecular formula is C26H22F6N6O3. The van der Waals surface area contributed by atoms with Gasteiger partial charge >= 0.3 is 12.4 Å². The molecule has 0 bridgehead atoms. The van der Waals surface area contributed by atoms with Crippen molar-refractivity contribution in [3.8, 4) is 40.3 Å². The third kappa shape index (κ3) is 6.49. The van der Waals surface area contributed by atoms with Crippen molar-refractivity contribution in [2.24, 2.45) is 7.05 Å². The number of rotatable bonds is 9. The fourth-order valence-corrected chi connectivity index (χ4v) is 4.02. The summed E-state index contributed by atoms with van der Waals surface area (Å²) >= 11 is 0. The second-order valence-corrected chi connectivity index (χ2v) is 9.23. The van der Waals surface area contributed by atoms with Gasteiger partial charge in [0.15, 0.2) is 23.9 Å². The fourth-order valence-electron chi connectivity index (χ4n) is 4.02. The van der Waals surface area contributed by atoms with Crippen molar-refractivity contribution in [3.05, 3.63) is 59.9 Å². The topological polar surface area (TPSA) is 97.1 Å². The molecule has 1 aromatic carbocycles. The molecule has 0 atom stereocenters. The molecule has 1 saturated carbocycles. The summed E-state index contributed by atoms with van der Waals surface area (Å²) in [4.78, 5) is 20.6. The molecule has 3 heterocycles. The highest BCUT2D eigenvalue weighted by Crippen LogP contribution is 2.45. The molecule has 9 nitrogen and oxygen atoms in total. The lowest BCUT2D eigenvalue weighted by Crippen LogP contribution is -2.20. The fraction of sp³-hybridized carbons (Fsp3) is 0.346. The molecule has 4 aromatic rings. The van der Waals surface area contributed by atoms with Crippen molar-refractivity contribution in [3.63, 3.8) is 0 Å². The van der Waals surface area contributed by atoms with E-state index in [4.69, 9.17) is 14.2 Å². The molecule has 5 rings (SSSR count). The number of ether oxygens (including phenoxy) is 3. The van der Waals surface area contributed by atoms with Crippen molar-refractivity contribution in [2.75, 3.05) is 13.7 Å². The third-order valence-electron chi connectivity index (χ3n) is 6.09. The summed E-state index contributed by atoms with van der Waals surface area (Å²) in [5.41, 5.74) is 1.03. The van der Waals surface area contributed by atoms with Gasteiger partial charge in [-0.15, -0.1) is 0 Å². The Morgan fingerprint density at radius 3 is 2.27 bits per heavy atom. The Hall–Kier alpha value is -4.43. The number of benzene rings is 1. The maximum atomic E-state index is 13.0. The molecule has 0 amide bonds. The number of aromatic nitrogens is 6. The lowest BCUT2D eigenvalue weighted by atomic mass is 10.1. The highest BCUT2D eigenvalue weighted by molar-refractivity contribution is 5.66. The first-order valence-electron chi connectivity index (χ1n) is 12.2. The largest absolute Gasteiger partial charge is 0.480 e. The number of imidazole rings is 1. The summed E-state index contributed by atoms with van der Waals surface area (Å²) in [6.07, 6.45) is -4.07. The standard InChI is InChI=1S/C26H22F6N6O3/c1-38-10-18(26(30,31)32)36-22(38)16-5-3-14(4-6-16)11-40-23-17(41-12-25(27,28)29)9-33-21(37-23)19-20(15-7-8-15)34-13-35-24(19)39-2/h3-6,9-10,13,15H,7-8,11-12H2,1-2H3. The first-order valence-corrected chi connectivity index (χ1v) is 12.2. The van der Waals surface area contributed by atoms with Crippen LogP contribution in [0.3, 0.4) is 0 Å². The maximum absolute atomic E-state index is 13.0. The minimum atomic E-state index is -4.61. The number of hydrogen-bond acceptors (Lipinski definition) is 8. The Morgan fingerprint density at radius 1 is 0.927 bits per heavy atom. The van der Waals surface area contributed by atoms with Crippen molar-refractivity contribution in [1.82, 2.24) is 29.5 Å². The summed E-state index contributed by atoms with van der Waals surface area (Å²) in [5, 5.41) is 0. The Balaban J connectivity index is 1.41. The quantitative estimate of drug-likeness (QED) is 0.231. The average Bonchev–Trinajstić information content (AvgIpc) is 3.70. The van der Waals surface area contributed by atoms with Gasteiger partial charge in [-0.25, -0.2) is 19.9 Å². The van der Waals surface area contributed by atoms with Gasteiger partial charge < -0.3 is 18.8 Å². The van der Waals surface area contributed by atoms with Gasteiger partial charge in [0.05, 0.1) is 19.0 Å². The van der Waals surface area contributed by atoms with Crippen molar-refractivity contribution >= 4 is 0 Å². The predicted octanol–water partition coefficient (Wildman–Crippen LogP) is 5.76. The molecule has 1 aliphatic rings. The summed E-state index contributed by atoms with van der Waals surface area (Å²) in [6, 6.07) is 6.30. The van der Waals surface area contributed by atoms with E-state index in [1.165, 1.54) is 25.1 Å². The van der Waals surface area contributed by atoms with Crippen LogP contribution in [0, 0.1) is 0 Å². The van der Waals surface area contributed by atoms with Gasteiger partial charge in [-0.3, -0.25) is 0 Å². The van der Waals surface area contributed by atoms with Crippen LogP contribution in [-0.2, 0) is 19.8 Å². The van der Waals surface area contributed by atoms with E-state index >= 15 is 0 Å². The number of aryl methyl sites for hydroxylation is 1. The van der Waals surface area contributed by atoms with Gasteiger partial charge in [0.1, 0.15) is 24.3 Å². The smallest absolute Gasteiger partial charge is 0.434 e. The highest BCUT2D eigenvalue weighted by Gasteiger charge is 2.35. The minimum Gasteiger partial charge on any atom is -0.480 e. The van der Waals surface area contributed by atoms with Crippen LogP contribution in [-0.4, -0.2) is 49.4 Å². The van der Waals surface area contributed by atoms with Crippen LogP contribution in [0.25, 0.3) is 22.8 Å². The van der Waals surface area contributed by atoms with Crippen LogP contribution >= 0.6 is 0 Å². The lowest BCUT2D eigenvalue weighted by molar-refractivity contribution is -0.153. The minimum absolute atomic E-state index is 0.0873. The number of halogens is 6. The molecule has 15 heteroatoms. The molecule has 0 saturated heterocycles. The van der Waals surface area contributed by atoms with E-state index in [-0.39, 0.29) is 41.7 Å². The summed E-state index contributed by atoms with van der Waals surface area (Å²) in [5.74, 6) is -0.0345. The number of hydrogen-bond donors (Lipinski definition) is 0. The first-order chi connectivity index (χ1) is 19.4. The summed E-state index contributed by atoms with van der Waals surface area (Å²) in [6.45, 7) is -1.74. The Labute approximate surface area is 229 Å². The van der Waals surface area contributed by atoms with E-state index < -0.39 is 24.7 Å². The molecule has 41 heavy (non-hydrogen) atoms. The number of alkyl halides is 6. The van der Waals surface area contributed by atoms with E-state index in [9.17, 15) is 26.3 Å². The van der Waals surface area contributed by atoms with Gasteiger partial charge in [-0.05, 0) is 18.4 Å².